The third-order valence-corrected chi connectivity index (χ3v) is 6.38. The molecule has 176 valence electrons. The van der Waals surface area contributed by atoms with Crippen LogP contribution in [0.4, 0.5) is 5.69 Å². The van der Waals surface area contributed by atoms with Crippen molar-refractivity contribution in [2.75, 3.05) is 64.4 Å². The molecule has 0 saturated carbocycles. The Bertz CT molecular complexity index is 663. The normalized spacial score (nSPS) is 20.4. The largest absolute Gasteiger partial charge is 0.495 e. The lowest BCUT2D eigenvalue weighted by atomic mass is 9.99. The van der Waals surface area contributed by atoms with Crippen LogP contribution in [0.5, 0.6) is 5.75 Å². The molecule has 31 heavy (non-hydrogen) atoms. The molecule has 7 heteroatoms. The summed E-state index contributed by atoms with van der Waals surface area (Å²) in [5.74, 6) is 3.40. The third-order valence-electron chi connectivity index (χ3n) is 6.38. The number of methoxy groups -OCH3 is 1. The van der Waals surface area contributed by atoms with E-state index in [9.17, 15) is 0 Å². The average Bonchev–Trinajstić information content (AvgIpc) is 3.25. The Labute approximate surface area is 206 Å². The number of ether oxygens (including phenoxy) is 1. The molecule has 0 spiro atoms. The molecule has 1 unspecified atom stereocenters. The summed E-state index contributed by atoms with van der Waals surface area (Å²) in [4.78, 5) is 9.92. The van der Waals surface area contributed by atoms with E-state index in [0.717, 1.165) is 50.4 Å². The Morgan fingerprint density at radius 1 is 1.13 bits per heavy atom. The van der Waals surface area contributed by atoms with Crippen LogP contribution in [0.25, 0.3) is 0 Å². The molecule has 2 fully saturated rings. The molecule has 3 rings (SSSR count). The van der Waals surface area contributed by atoms with Gasteiger partial charge in [-0.05, 0) is 76.2 Å². The predicted molar refractivity (Wildman–Crippen MR) is 142 cm³/mol. The fourth-order valence-electron chi connectivity index (χ4n) is 4.45. The fraction of sp³-hybridized carbons (Fsp3) is 0.708. The van der Waals surface area contributed by atoms with Gasteiger partial charge in [0.05, 0.1) is 12.8 Å². The van der Waals surface area contributed by atoms with Crippen molar-refractivity contribution in [2.45, 2.75) is 39.5 Å². The monoisotopic (exact) mass is 543 g/mol. The number of aliphatic imine (C=N–C) groups is 1. The summed E-state index contributed by atoms with van der Waals surface area (Å²) in [7, 11) is 1.75. The number of rotatable bonds is 9. The van der Waals surface area contributed by atoms with Gasteiger partial charge in [-0.25, -0.2) is 0 Å². The highest BCUT2D eigenvalue weighted by atomic mass is 127. The molecule has 0 aliphatic carbocycles. The van der Waals surface area contributed by atoms with Gasteiger partial charge in [0.15, 0.2) is 5.96 Å². The number of nitrogens with zero attached hydrogens (tertiary/aromatic N) is 3. The third kappa shape index (κ3) is 8.33. The van der Waals surface area contributed by atoms with E-state index in [-0.39, 0.29) is 24.0 Å². The lowest BCUT2D eigenvalue weighted by Crippen LogP contribution is -2.40. The molecule has 2 saturated heterocycles. The standard InChI is InChI=1S/C24H41N5O.HI/c1-4-25-24(26-13-7-14-28-15-10-20(2)11-16-28)27-18-21-12-17-29(19-21)22-8-5-6-9-23(22)30-3;/h5-6,8-9,20-21H,4,7,10-19H2,1-3H3,(H2,25,26,27);1H. The average molecular weight is 544 g/mol. The Morgan fingerprint density at radius 2 is 1.90 bits per heavy atom. The lowest BCUT2D eigenvalue weighted by molar-refractivity contribution is 0.191. The zero-order chi connectivity index (χ0) is 21.2. The van der Waals surface area contributed by atoms with Gasteiger partial charge in [0.2, 0.25) is 0 Å². The van der Waals surface area contributed by atoms with Crippen LogP contribution in [0, 0.1) is 11.8 Å². The molecule has 1 aromatic carbocycles. The van der Waals surface area contributed by atoms with Gasteiger partial charge < -0.3 is 25.2 Å². The van der Waals surface area contributed by atoms with Crippen LogP contribution in [0.3, 0.4) is 0 Å². The summed E-state index contributed by atoms with van der Waals surface area (Å²) in [6, 6.07) is 8.30. The number of guanidine groups is 1. The first-order valence-electron chi connectivity index (χ1n) is 11.8. The molecule has 0 radical (unpaired) electrons. The summed E-state index contributed by atoms with van der Waals surface area (Å²) in [5.41, 5.74) is 1.20. The molecule has 1 atom stereocenters. The van der Waals surface area contributed by atoms with Gasteiger partial charge in [0.25, 0.3) is 0 Å². The summed E-state index contributed by atoms with van der Waals surface area (Å²) >= 11 is 0. The number of hydrogen-bond donors (Lipinski definition) is 2. The molecule has 0 aromatic heterocycles. The van der Waals surface area contributed by atoms with E-state index in [1.54, 1.807) is 7.11 Å². The highest BCUT2D eigenvalue weighted by molar-refractivity contribution is 14.0. The van der Waals surface area contributed by atoms with E-state index in [2.05, 4.69) is 46.4 Å². The number of anilines is 1. The van der Waals surface area contributed by atoms with Gasteiger partial charge in [0.1, 0.15) is 5.75 Å². The Kier molecular flexibility index (Phi) is 11.8. The van der Waals surface area contributed by atoms with Gasteiger partial charge in [-0.2, -0.15) is 0 Å². The van der Waals surface area contributed by atoms with E-state index in [0.29, 0.717) is 5.92 Å². The summed E-state index contributed by atoms with van der Waals surface area (Å²) < 4.78 is 5.53. The smallest absolute Gasteiger partial charge is 0.191 e. The van der Waals surface area contributed by atoms with Crippen LogP contribution < -0.4 is 20.3 Å². The molecular formula is C24H42IN5O. The number of hydrogen-bond acceptors (Lipinski definition) is 4. The number of para-hydroxylation sites is 2. The molecule has 2 aliphatic heterocycles. The molecule has 2 heterocycles. The summed E-state index contributed by atoms with van der Waals surface area (Å²) in [6.07, 6.45) is 5.05. The molecule has 1 aromatic rings. The lowest BCUT2D eigenvalue weighted by Gasteiger charge is -2.30. The molecular weight excluding hydrogens is 501 g/mol. The van der Waals surface area contributed by atoms with Crippen molar-refractivity contribution < 1.29 is 4.74 Å². The minimum atomic E-state index is 0. The first-order chi connectivity index (χ1) is 14.7. The van der Waals surface area contributed by atoms with Crippen LogP contribution >= 0.6 is 24.0 Å². The number of nitrogens with one attached hydrogen (secondary N) is 2. The quantitative estimate of drug-likeness (QED) is 0.215. The molecule has 2 N–H and O–H groups in total. The Balaban J connectivity index is 0.00000341. The first-order valence-corrected chi connectivity index (χ1v) is 11.8. The van der Waals surface area contributed by atoms with Crippen molar-refractivity contribution in [3.63, 3.8) is 0 Å². The van der Waals surface area contributed by atoms with Gasteiger partial charge >= 0.3 is 0 Å². The number of benzene rings is 1. The molecule has 6 nitrogen and oxygen atoms in total. The highest BCUT2D eigenvalue weighted by Gasteiger charge is 2.24. The molecule has 2 aliphatic rings. The van der Waals surface area contributed by atoms with E-state index in [1.807, 2.05) is 12.1 Å². The second kappa shape index (κ2) is 14.0. The van der Waals surface area contributed by atoms with Crippen LogP contribution in [0.2, 0.25) is 0 Å². The van der Waals surface area contributed by atoms with E-state index in [1.165, 1.54) is 51.0 Å². The number of piperidine rings is 1. The van der Waals surface area contributed by atoms with Crippen LogP contribution in [0.1, 0.15) is 39.5 Å². The number of halogens is 1. The molecule has 0 amide bonds. The minimum Gasteiger partial charge on any atom is -0.495 e. The number of likely N-dealkylation sites (tertiary alicyclic amines) is 1. The predicted octanol–water partition coefficient (Wildman–Crippen LogP) is 3.82. The van der Waals surface area contributed by atoms with Crippen LogP contribution in [-0.2, 0) is 0 Å². The van der Waals surface area contributed by atoms with Gasteiger partial charge in [-0.1, -0.05) is 19.1 Å². The van der Waals surface area contributed by atoms with Crippen molar-refractivity contribution in [3.05, 3.63) is 24.3 Å². The Morgan fingerprint density at radius 3 is 2.65 bits per heavy atom. The van der Waals surface area contributed by atoms with Gasteiger partial charge in [-0.15, -0.1) is 24.0 Å². The second-order valence-electron chi connectivity index (χ2n) is 8.80. The highest BCUT2D eigenvalue weighted by Crippen LogP contribution is 2.31. The van der Waals surface area contributed by atoms with E-state index >= 15 is 0 Å². The topological polar surface area (TPSA) is 52.1 Å². The molecule has 0 bridgehead atoms. The van der Waals surface area contributed by atoms with E-state index < -0.39 is 0 Å². The van der Waals surface area contributed by atoms with Crippen molar-refractivity contribution in [3.8, 4) is 5.75 Å². The zero-order valence-corrected chi connectivity index (χ0v) is 21.9. The van der Waals surface area contributed by atoms with E-state index in [4.69, 9.17) is 9.73 Å². The maximum absolute atomic E-state index is 5.53. The summed E-state index contributed by atoms with van der Waals surface area (Å²) in [5, 5.41) is 6.94. The maximum atomic E-state index is 5.53. The van der Waals surface area contributed by atoms with Crippen LogP contribution in [0.15, 0.2) is 29.3 Å². The van der Waals surface area contributed by atoms with Crippen molar-refractivity contribution in [1.82, 2.24) is 15.5 Å². The Hall–Kier alpha value is -1.22. The minimum absolute atomic E-state index is 0. The van der Waals surface area contributed by atoms with Crippen molar-refractivity contribution in [1.29, 1.82) is 0 Å². The first kappa shape index (κ1) is 26.0. The maximum Gasteiger partial charge on any atom is 0.191 e. The van der Waals surface area contributed by atoms with Gasteiger partial charge in [0, 0.05) is 32.7 Å². The van der Waals surface area contributed by atoms with Gasteiger partial charge in [-0.3, -0.25) is 4.99 Å². The zero-order valence-electron chi connectivity index (χ0n) is 19.6. The fourth-order valence-corrected chi connectivity index (χ4v) is 4.45. The van der Waals surface area contributed by atoms with Crippen molar-refractivity contribution >= 4 is 35.6 Å². The second-order valence-corrected chi connectivity index (χ2v) is 8.80. The SMILES string of the molecule is CCNC(=NCC1CCN(c2ccccc2OC)C1)NCCCN1CCC(C)CC1.I. The summed E-state index contributed by atoms with van der Waals surface area (Å²) in [6.45, 7) is 13.1. The van der Waals surface area contributed by atoms with Crippen molar-refractivity contribution in [2.24, 2.45) is 16.8 Å². The van der Waals surface area contributed by atoms with Crippen LogP contribution in [-0.4, -0.2) is 70.3 Å².